The van der Waals surface area contributed by atoms with Crippen molar-refractivity contribution in [2.45, 2.75) is 37.1 Å². The Morgan fingerprint density at radius 2 is 1.87 bits per heavy atom. The number of hydrogen-bond donors (Lipinski definition) is 5. The smallest absolute Gasteiger partial charge is 0.252 e. The van der Waals surface area contributed by atoms with E-state index < -0.39 is 54.7 Å². The van der Waals surface area contributed by atoms with Gasteiger partial charge >= 0.3 is 0 Å². The molecule has 1 aromatic rings. The maximum absolute atomic E-state index is 13.5. The summed E-state index contributed by atoms with van der Waals surface area (Å²) >= 11 is 0. The number of carbonyl (C=O) groups excluding carboxylic acids is 1. The van der Waals surface area contributed by atoms with Gasteiger partial charge in [0.1, 0.15) is 36.1 Å². The fraction of sp³-hybridized carbons (Fsp3) is 0.500. The van der Waals surface area contributed by atoms with Gasteiger partial charge in [-0.1, -0.05) is 6.07 Å². The first kappa shape index (κ1) is 17.7. The van der Waals surface area contributed by atoms with Gasteiger partial charge in [-0.3, -0.25) is 4.79 Å². The largest absolute Gasteiger partial charge is 0.394 e. The third-order valence-electron chi connectivity index (χ3n) is 3.62. The second kappa shape index (κ2) is 7.28. The molecular weight excluding hydrogens is 316 g/mol. The Labute approximate surface area is 130 Å². The zero-order chi connectivity index (χ0) is 17.1. The predicted molar refractivity (Wildman–Crippen MR) is 72.0 cm³/mol. The number of ether oxygens (including phenoxy) is 1. The van der Waals surface area contributed by atoms with Crippen molar-refractivity contribution in [3.63, 3.8) is 0 Å². The minimum Gasteiger partial charge on any atom is -0.394 e. The lowest BCUT2D eigenvalue weighted by molar-refractivity contribution is -0.226. The number of halogens is 2. The summed E-state index contributed by atoms with van der Waals surface area (Å²) in [4.78, 5) is 12.0. The van der Waals surface area contributed by atoms with Crippen molar-refractivity contribution in [3.05, 3.63) is 35.4 Å². The average Bonchev–Trinajstić information content (AvgIpc) is 2.52. The average molecular weight is 333 g/mol. The maximum Gasteiger partial charge on any atom is 0.252 e. The van der Waals surface area contributed by atoms with Gasteiger partial charge in [-0.15, -0.1) is 0 Å². The van der Waals surface area contributed by atoms with E-state index in [-0.39, 0.29) is 12.1 Å². The minimum atomic E-state index is -1.72. The molecule has 0 bridgehead atoms. The van der Waals surface area contributed by atoms with Crippen molar-refractivity contribution in [3.8, 4) is 0 Å². The van der Waals surface area contributed by atoms with Crippen LogP contribution in [-0.2, 0) is 16.1 Å². The Morgan fingerprint density at radius 1 is 1.17 bits per heavy atom. The van der Waals surface area contributed by atoms with E-state index in [0.29, 0.717) is 6.07 Å². The first-order chi connectivity index (χ1) is 10.8. The van der Waals surface area contributed by atoms with Crippen LogP contribution in [-0.4, -0.2) is 63.5 Å². The van der Waals surface area contributed by atoms with Crippen LogP contribution in [0.1, 0.15) is 5.56 Å². The van der Waals surface area contributed by atoms with Gasteiger partial charge in [0.25, 0.3) is 5.91 Å². The third-order valence-corrected chi connectivity index (χ3v) is 3.62. The maximum atomic E-state index is 13.5. The molecule has 0 unspecified atom stereocenters. The summed E-state index contributed by atoms with van der Waals surface area (Å²) in [5.41, 5.74) is 0.0179. The molecule has 1 fully saturated rings. The fourth-order valence-electron chi connectivity index (χ4n) is 2.27. The molecule has 0 saturated carbocycles. The van der Waals surface area contributed by atoms with Crippen LogP contribution in [0, 0.1) is 11.6 Å². The van der Waals surface area contributed by atoms with Gasteiger partial charge in [-0.2, -0.15) is 0 Å². The molecule has 0 radical (unpaired) electrons. The molecule has 0 aromatic heterocycles. The fourth-order valence-corrected chi connectivity index (χ4v) is 2.27. The summed E-state index contributed by atoms with van der Waals surface area (Å²) in [6.07, 6.45) is -7.74. The van der Waals surface area contributed by atoms with Crippen molar-refractivity contribution in [2.24, 2.45) is 0 Å². The highest BCUT2D eigenvalue weighted by Crippen LogP contribution is 2.21. The normalized spacial score (nSPS) is 31.0. The summed E-state index contributed by atoms with van der Waals surface area (Å²) < 4.78 is 31.3. The summed E-state index contributed by atoms with van der Waals surface area (Å²) in [5.74, 6) is -2.48. The molecule has 7 nitrogen and oxygen atoms in total. The zero-order valence-corrected chi connectivity index (χ0v) is 11.9. The Hall–Kier alpha value is -1.65. The van der Waals surface area contributed by atoms with Crippen LogP contribution in [0.15, 0.2) is 18.2 Å². The van der Waals surface area contributed by atoms with E-state index >= 15 is 0 Å². The van der Waals surface area contributed by atoms with Gasteiger partial charge in [-0.25, -0.2) is 8.78 Å². The monoisotopic (exact) mass is 333 g/mol. The molecule has 9 heteroatoms. The Morgan fingerprint density at radius 3 is 2.48 bits per heavy atom. The van der Waals surface area contributed by atoms with E-state index in [2.05, 4.69) is 5.32 Å². The standard InChI is InChI=1S/C14H17F2NO6/c15-7-2-1-6(8(16)3-7)4-17-14(22)13-12(21)11(20)10(19)9(5-18)23-13/h1-3,9-13,18-21H,4-5H2,(H,17,22)/t9-,10-,11+,12-,13+/m0/s1. The van der Waals surface area contributed by atoms with E-state index in [1.165, 1.54) is 0 Å². The first-order valence-corrected chi connectivity index (χ1v) is 6.87. The molecule has 1 amide bonds. The van der Waals surface area contributed by atoms with Gasteiger partial charge < -0.3 is 30.5 Å². The second-order valence-electron chi connectivity index (χ2n) is 5.20. The van der Waals surface area contributed by atoms with E-state index in [4.69, 9.17) is 9.84 Å². The Kier molecular flexibility index (Phi) is 5.60. The molecule has 1 saturated heterocycles. The number of aliphatic hydroxyl groups is 4. The highest BCUT2D eigenvalue weighted by Gasteiger charge is 2.46. The highest BCUT2D eigenvalue weighted by molar-refractivity contribution is 5.81. The van der Waals surface area contributed by atoms with Crippen LogP contribution in [0.2, 0.25) is 0 Å². The molecule has 1 aromatic carbocycles. The number of benzene rings is 1. The van der Waals surface area contributed by atoms with Crippen molar-refractivity contribution >= 4 is 5.91 Å². The van der Waals surface area contributed by atoms with Crippen LogP contribution in [0.25, 0.3) is 0 Å². The van der Waals surface area contributed by atoms with E-state index in [0.717, 1.165) is 12.1 Å². The van der Waals surface area contributed by atoms with Crippen LogP contribution >= 0.6 is 0 Å². The zero-order valence-electron chi connectivity index (χ0n) is 11.9. The van der Waals surface area contributed by atoms with E-state index in [9.17, 15) is 28.9 Å². The first-order valence-electron chi connectivity index (χ1n) is 6.87. The Balaban J connectivity index is 2.02. The van der Waals surface area contributed by atoms with Gasteiger partial charge in [-0.05, 0) is 6.07 Å². The molecular formula is C14H17F2NO6. The molecule has 23 heavy (non-hydrogen) atoms. The number of carbonyl (C=O) groups is 1. The van der Waals surface area contributed by atoms with Gasteiger partial charge in [0, 0.05) is 18.2 Å². The molecule has 128 valence electrons. The van der Waals surface area contributed by atoms with E-state index in [1.54, 1.807) is 0 Å². The second-order valence-corrected chi connectivity index (χ2v) is 5.20. The lowest BCUT2D eigenvalue weighted by atomic mass is 9.94. The van der Waals surface area contributed by atoms with Crippen molar-refractivity contribution in [1.82, 2.24) is 5.32 Å². The third kappa shape index (κ3) is 3.82. The molecule has 0 spiro atoms. The van der Waals surface area contributed by atoms with E-state index in [1.807, 2.05) is 0 Å². The number of nitrogens with one attached hydrogen (secondary N) is 1. The van der Waals surface area contributed by atoms with Crippen molar-refractivity contribution in [2.75, 3.05) is 6.61 Å². The highest BCUT2D eigenvalue weighted by atomic mass is 19.1. The molecule has 1 aliphatic heterocycles. The molecule has 1 aliphatic rings. The quantitative estimate of drug-likeness (QED) is 0.454. The molecule has 5 N–H and O–H groups in total. The van der Waals surface area contributed by atoms with Crippen LogP contribution in [0.4, 0.5) is 8.78 Å². The minimum absolute atomic E-state index is 0.0179. The number of hydrogen-bond acceptors (Lipinski definition) is 6. The summed E-state index contributed by atoms with van der Waals surface area (Å²) in [6, 6.07) is 2.84. The van der Waals surface area contributed by atoms with Crippen LogP contribution in [0.5, 0.6) is 0 Å². The van der Waals surface area contributed by atoms with Gasteiger partial charge in [0.15, 0.2) is 6.10 Å². The number of aliphatic hydroxyl groups excluding tert-OH is 4. The molecule has 2 rings (SSSR count). The van der Waals surface area contributed by atoms with Crippen LogP contribution in [0.3, 0.4) is 0 Å². The van der Waals surface area contributed by atoms with Gasteiger partial charge in [0.2, 0.25) is 0 Å². The lowest BCUT2D eigenvalue weighted by Crippen LogP contribution is -2.62. The number of amides is 1. The Bertz CT molecular complexity index is 570. The summed E-state index contributed by atoms with van der Waals surface area (Å²) in [7, 11) is 0. The summed E-state index contributed by atoms with van der Waals surface area (Å²) in [5, 5.41) is 40.3. The van der Waals surface area contributed by atoms with Gasteiger partial charge in [0.05, 0.1) is 6.61 Å². The predicted octanol–water partition coefficient (Wildman–Crippen LogP) is -1.58. The van der Waals surface area contributed by atoms with Crippen LogP contribution < -0.4 is 5.32 Å². The molecule has 5 atom stereocenters. The SMILES string of the molecule is O=C(NCc1ccc(F)cc1F)[C@@H]1O[C@@H](CO)[C@H](O)[C@@H](O)[C@@H]1O. The topological polar surface area (TPSA) is 119 Å². The molecule has 0 aliphatic carbocycles. The van der Waals surface area contributed by atoms with Crippen molar-refractivity contribution in [1.29, 1.82) is 0 Å². The lowest BCUT2D eigenvalue weighted by Gasteiger charge is -2.39. The summed E-state index contributed by atoms with van der Waals surface area (Å²) in [6.45, 7) is -0.957. The van der Waals surface area contributed by atoms with Crippen molar-refractivity contribution < 1.29 is 38.7 Å². The number of rotatable bonds is 4. The molecule has 1 heterocycles.